The molecule has 1 amide bonds. The third-order valence-electron chi connectivity index (χ3n) is 5.24. The van der Waals surface area contributed by atoms with Gasteiger partial charge < -0.3 is 9.80 Å². The lowest BCUT2D eigenvalue weighted by Crippen LogP contribution is -2.61. The summed E-state index contributed by atoms with van der Waals surface area (Å²) in [6.07, 6.45) is 3.55. The average molecular weight is 404 g/mol. The van der Waals surface area contributed by atoms with Crippen molar-refractivity contribution in [2.45, 2.75) is 31.2 Å². The molecule has 5 rings (SSSR count). The van der Waals surface area contributed by atoms with Gasteiger partial charge in [0.1, 0.15) is 3.79 Å². The number of likely N-dealkylation sites (tertiary alicyclic amines) is 1. The van der Waals surface area contributed by atoms with E-state index in [1.807, 2.05) is 4.90 Å². The first-order valence-corrected chi connectivity index (χ1v) is 10.1. The predicted molar refractivity (Wildman–Crippen MR) is 99.0 cm³/mol. The molecule has 1 aromatic carbocycles. The largest absolute Gasteiger partial charge is 0.364 e. The van der Waals surface area contributed by atoms with Crippen molar-refractivity contribution >= 4 is 38.9 Å². The van der Waals surface area contributed by atoms with Crippen LogP contribution >= 0.6 is 27.3 Å². The van der Waals surface area contributed by atoms with Gasteiger partial charge in [0.05, 0.1) is 11.0 Å². The monoisotopic (exact) mass is 403 g/mol. The summed E-state index contributed by atoms with van der Waals surface area (Å²) in [5.41, 5.74) is 3.39. The highest BCUT2D eigenvalue weighted by Gasteiger charge is 2.39. The second kappa shape index (κ2) is 5.56. The van der Waals surface area contributed by atoms with Crippen LogP contribution in [0.5, 0.6) is 0 Å². The first-order chi connectivity index (χ1) is 11.7. The Bertz CT molecular complexity index is 810. The summed E-state index contributed by atoms with van der Waals surface area (Å²) < 4.78 is 0.893. The van der Waals surface area contributed by atoms with E-state index in [1.54, 1.807) is 11.3 Å². The van der Waals surface area contributed by atoms with Crippen LogP contribution in [-0.4, -0.2) is 41.5 Å². The number of carbonyl (C=O) groups is 1. The summed E-state index contributed by atoms with van der Waals surface area (Å²) in [4.78, 5) is 21.7. The molecule has 124 valence electrons. The van der Waals surface area contributed by atoms with Gasteiger partial charge in [0.15, 0.2) is 5.69 Å². The fourth-order valence-electron chi connectivity index (χ4n) is 3.66. The number of fused-ring (bicyclic) bond motifs is 1. The first-order valence-electron chi connectivity index (χ1n) is 8.51. The molecule has 1 saturated carbocycles. The lowest BCUT2D eigenvalue weighted by atomic mass is 10.1. The van der Waals surface area contributed by atoms with Crippen LogP contribution in [-0.2, 0) is 6.42 Å². The number of thiazole rings is 1. The lowest BCUT2D eigenvalue weighted by Gasteiger charge is -2.44. The second-order valence-electron chi connectivity index (χ2n) is 6.88. The van der Waals surface area contributed by atoms with Gasteiger partial charge in [0.2, 0.25) is 0 Å². The molecule has 3 aliphatic rings. The van der Waals surface area contributed by atoms with Crippen LogP contribution in [0.1, 0.15) is 39.8 Å². The molecule has 0 bridgehead atoms. The van der Waals surface area contributed by atoms with Gasteiger partial charge in [-0.3, -0.25) is 4.79 Å². The van der Waals surface area contributed by atoms with Gasteiger partial charge in [0, 0.05) is 31.2 Å². The van der Waals surface area contributed by atoms with Crippen LogP contribution in [0.15, 0.2) is 28.1 Å². The summed E-state index contributed by atoms with van der Waals surface area (Å²) in [5.74, 6) is 0.673. The standard InChI is InChI=1S/C18H18BrN3OS/c19-16-15(20-17(24-16)12-5-6-12)18(23)21-9-13(10-21)22-8-7-11-3-1-2-4-14(11)22/h1-4,12-13H,5-10H2. The van der Waals surface area contributed by atoms with E-state index in [4.69, 9.17) is 0 Å². The minimum Gasteiger partial charge on any atom is -0.364 e. The van der Waals surface area contributed by atoms with Crippen molar-refractivity contribution in [3.8, 4) is 0 Å². The van der Waals surface area contributed by atoms with E-state index in [-0.39, 0.29) is 5.91 Å². The summed E-state index contributed by atoms with van der Waals surface area (Å²) >= 11 is 5.17. The minimum atomic E-state index is 0.0776. The van der Waals surface area contributed by atoms with Gasteiger partial charge in [-0.05, 0) is 46.8 Å². The number of anilines is 1. The van der Waals surface area contributed by atoms with Crippen LogP contribution < -0.4 is 4.90 Å². The Morgan fingerprint density at radius 3 is 2.83 bits per heavy atom. The van der Waals surface area contributed by atoms with Gasteiger partial charge in [-0.25, -0.2) is 4.98 Å². The van der Waals surface area contributed by atoms with Crippen LogP contribution in [0.25, 0.3) is 0 Å². The second-order valence-corrected chi connectivity index (χ2v) is 9.23. The van der Waals surface area contributed by atoms with Gasteiger partial charge >= 0.3 is 0 Å². The molecule has 24 heavy (non-hydrogen) atoms. The zero-order valence-electron chi connectivity index (χ0n) is 13.2. The number of benzene rings is 1. The molecule has 0 radical (unpaired) electrons. The third kappa shape index (κ3) is 2.39. The fourth-order valence-corrected chi connectivity index (χ4v) is 5.37. The predicted octanol–water partition coefficient (Wildman–Crippen LogP) is 3.67. The average Bonchev–Trinajstić information content (AvgIpc) is 3.20. The lowest BCUT2D eigenvalue weighted by molar-refractivity contribution is 0.0594. The maximum Gasteiger partial charge on any atom is 0.274 e. The molecule has 0 atom stereocenters. The maximum absolute atomic E-state index is 12.7. The Morgan fingerprint density at radius 2 is 2.04 bits per heavy atom. The molecule has 0 spiro atoms. The number of para-hydroxylation sites is 1. The third-order valence-corrected chi connectivity index (χ3v) is 7.11. The Hall–Kier alpha value is -1.40. The van der Waals surface area contributed by atoms with E-state index in [2.05, 4.69) is 50.1 Å². The molecule has 1 saturated heterocycles. The first kappa shape index (κ1) is 14.9. The zero-order chi connectivity index (χ0) is 16.3. The molecule has 1 aliphatic carbocycles. The number of nitrogens with zero attached hydrogens (tertiary/aromatic N) is 3. The smallest absolute Gasteiger partial charge is 0.274 e. The topological polar surface area (TPSA) is 36.4 Å². The molecule has 3 heterocycles. The van der Waals surface area contributed by atoms with Gasteiger partial charge in [-0.2, -0.15) is 0 Å². The Kier molecular flexibility index (Phi) is 3.45. The quantitative estimate of drug-likeness (QED) is 0.784. The van der Waals surface area contributed by atoms with Gasteiger partial charge in [0.25, 0.3) is 5.91 Å². The van der Waals surface area contributed by atoms with Crippen molar-refractivity contribution in [2.75, 3.05) is 24.5 Å². The molecule has 0 unspecified atom stereocenters. The Balaban J connectivity index is 1.27. The number of amides is 1. The van der Waals surface area contributed by atoms with Gasteiger partial charge in [-0.15, -0.1) is 11.3 Å². The van der Waals surface area contributed by atoms with Gasteiger partial charge in [-0.1, -0.05) is 18.2 Å². The Labute approximate surface area is 153 Å². The van der Waals surface area contributed by atoms with E-state index >= 15 is 0 Å². The van der Waals surface area contributed by atoms with E-state index < -0.39 is 0 Å². The molecule has 0 N–H and O–H groups in total. The van der Waals surface area contributed by atoms with Crippen molar-refractivity contribution in [3.05, 3.63) is 44.3 Å². The van der Waals surface area contributed by atoms with Crippen molar-refractivity contribution < 1.29 is 4.79 Å². The normalized spacial score (nSPS) is 20.2. The molecule has 2 fully saturated rings. The molecule has 2 aromatic rings. The van der Waals surface area contributed by atoms with E-state index in [0.29, 0.717) is 17.7 Å². The fraction of sp³-hybridized carbons (Fsp3) is 0.444. The summed E-state index contributed by atoms with van der Waals surface area (Å²) in [5, 5.41) is 1.12. The Morgan fingerprint density at radius 1 is 1.25 bits per heavy atom. The molecule has 4 nitrogen and oxygen atoms in total. The van der Waals surface area contributed by atoms with Crippen LogP contribution in [0.3, 0.4) is 0 Å². The number of carbonyl (C=O) groups excluding carboxylic acids is 1. The SMILES string of the molecule is O=C(c1nc(C2CC2)sc1Br)N1CC(N2CCc3ccccc32)C1. The highest BCUT2D eigenvalue weighted by atomic mass is 79.9. The van der Waals surface area contributed by atoms with Crippen molar-refractivity contribution in [1.29, 1.82) is 0 Å². The van der Waals surface area contributed by atoms with E-state index in [1.165, 1.54) is 24.1 Å². The highest BCUT2D eigenvalue weighted by Crippen LogP contribution is 2.44. The molecule has 1 aromatic heterocycles. The van der Waals surface area contributed by atoms with Crippen molar-refractivity contribution in [2.24, 2.45) is 0 Å². The van der Waals surface area contributed by atoms with Crippen LogP contribution in [0.4, 0.5) is 5.69 Å². The summed E-state index contributed by atoms with van der Waals surface area (Å²) in [7, 11) is 0. The van der Waals surface area contributed by atoms with Crippen LogP contribution in [0, 0.1) is 0 Å². The number of aromatic nitrogens is 1. The molecule has 2 aliphatic heterocycles. The van der Waals surface area contributed by atoms with Crippen molar-refractivity contribution in [1.82, 2.24) is 9.88 Å². The minimum absolute atomic E-state index is 0.0776. The number of rotatable bonds is 3. The zero-order valence-corrected chi connectivity index (χ0v) is 15.6. The summed E-state index contributed by atoms with van der Waals surface area (Å²) in [6, 6.07) is 9.06. The highest BCUT2D eigenvalue weighted by molar-refractivity contribution is 9.11. The van der Waals surface area contributed by atoms with E-state index in [0.717, 1.165) is 34.8 Å². The molecular formula is C18H18BrN3OS. The number of halogens is 1. The molecule has 6 heteroatoms. The van der Waals surface area contributed by atoms with Crippen molar-refractivity contribution in [3.63, 3.8) is 0 Å². The summed E-state index contributed by atoms with van der Waals surface area (Å²) in [6.45, 7) is 2.67. The maximum atomic E-state index is 12.7. The number of hydrogen-bond acceptors (Lipinski definition) is 4. The van der Waals surface area contributed by atoms with Crippen LogP contribution in [0.2, 0.25) is 0 Å². The number of hydrogen-bond donors (Lipinski definition) is 0. The molecular weight excluding hydrogens is 386 g/mol. The van der Waals surface area contributed by atoms with E-state index in [9.17, 15) is 4.79 Å².